The van der Waals surface area contributed by atoms with E-state index in [1.807, 2.05) is 11.5 Å². The molecule has 2 heterocycles. The molecule has 0 bridgehead atoms. The third kappa shape index (κ3) is 2.49. The van der Waals surface area contributed by atoms with Crippen LogP contribution >= 0.6 is 0 Å². The van der Waals surface area contributed by atoms with Crippen LogP contribution in [0.2, 0.25) is 0 Å². The van der Waals surface area contributed by atoms with Gasteiger partial charge >= 0.3 is 0 Å². The van der Waals surface area contributed by atoms with Crippen LogP contribution in [-0.4, -0.2) is 25.8 Å². The van der Waals surface area contributed by atoms with Gasteiger partial charge in [-0.15, -0.1) is 10.2 Å². The lowest BCUT2D eigenvalue weighted by atomic mass is 10.3. The van der Waals surface area contributed by atoms with Crippen LogP contribution in [0, 0.1) is 6.92 Å². The van der Waals surface area contributed by atoms with Crippen LogP contribution in [0.25, 0.3) is 0 Å². The average Bonchev–Trinajstić information content (AvgIpc) is 2.94. The predicted molar refractivity (Wildman–Crippen MR) is 58.1 cm³/mol. The molecule has 0 aliphatic rings. The number of carbonyl (C=O) groups is 1. The number of nitrogens with zero attached hydrogens (tertiary/aromatic N) is 4. The van der Waals surface area contributed by atoms with Crippen LogP contribution in [0.1, 0.15) is 29.0 Å². The second-order valence-corrected chi connectivity index (χ2v) is 3.54. The molecule has 0 radical (unpaired) electrons. The Hall–Kier alpha value is -2.18. The first-order valence-electron chi connectivity index (χ1n) is 5.29. The second-order valence-electron chi connectivity index (χ2n) is 3.54. The molecule has 2 aromatic rings. The van der Waals surface area contributed by atoms with E-state index in [0.717, 1.165) is 6.54 Å². The van der Waals surface area contributed by atoms with Crippen LogP contribution in [0.15, 0.2) is 16.9 Å². The van der Waals surface area contributed by atoms with Crippen molar-refractivity contribution >= 4 is 5.91 Å². The van der Waals surface area contributed by atoms with Gasteiger partial charge in [0.1, 0.15) is 12.1 Å². The van der Waals surface area contributed by atoms with Gasteiger partial charge in [-0.25, -0.2) is 0 Å². The van der Waals surface area contributed by atoms with Crippen molar-refractivity contribution in [2.24, 2.45) is 0 Å². The maximum Gasteiger partial charge on any atom is 0.273 e. The van der Waals surface area contributed by atoms with Crippen molar-refractivity contribution in [1.29, 1.82) is 0 Å². The molecule has 0 spiro atoms. The number of hydrogen-bond acceptors (Lipinski definition) is 5. The topological polar surface area (TPSA) is 85.8 Å². The fourth-order valence-corrected chi connectivity index (χ4v) is 1.40. The highest BCUT2D eigenvalue weighted by atomic mass is 16.5. The summed E-state index contributed by atoms with van der Waals surface area (Å²) in [5.74, 6) is 1.03. The highest BCUT2D eigenvalue weighted by molar-refractivity contribution is 5.92. The van der Waals surface area contributed by atoms with Crippen LogP contribution in [0.4, 0.5) is 0 Å². The molecule has 2 aromatic heterocycles. The van der Waals surface area contributed by atoms with E-state index in [0.29, 0.717) is 18.1 Å². The van der Waals surface area contributed by atoms with Crippen molar-refractivity contribution in [3.63, 3.8) is 0 Å². The molecule has 0 aliphatic carbocycles. The summed E-state index contributed by atoms with van der Waals surface area (Å²) in [5.41, 5.74) is 0.269. The molecule has 17 heavy (non-hydrogen) atoms. The second kappa shape index (κ2) is 4.77. The van der Waals surface area contributed by atoms with Crippen molar-refractivity contribution in [2.75, 3.05) is 0 Å². The summed E-state index contributed by atoms with van der Waals surface area (Å²) in [7, 11) is 0. The van der Waals surface area contributed by atoms with Crippen molar-refractivity contribution in [3.05, 3.63) is 29.7 Å². The van der Waals surface area contributed by atoms with E-state index in [4.69, 9.17) is 4.52 Å². The molecule has 0 unspecified atom stereocenters. The highest BCUT2D eigenvalue weighted by Crippen LogP contribution is 2.01. The molecule has 0 atom stereocenters. The third-order valence-corrected chi connectivity index (χ3v) is 2.30. The smallest absolute Gasteiger partial charge is 0.273 e. The SMILES string of the molecule is CCn1cnnc1CNC(=O)c1cc(C)on1. The number of nitrogens with one attached hydrogen (secondary N) is 1. The van der Waals surface area contributed by atoms with Gasteiger partial charge in [0.05, 0.1) is 6.54 Å². The van der Waals surface area contributed by atoms with Crippen LogP contribution in [0.5, 0.6) is 0 Å². The summed E-state index contributed by atoms with van der Waals surface area (Å²) in [5, 5.41) is 14.0. The van der Waals surface area contributed by atoms with Gasteiger partial charge < -0.3 is 14.4 Å². The molecular weight excluding hydrogens is 222 g/mol. The maximum atomic E-state index is 11.7. The summed E-state index contributed by atoms with van der Waals surface area (Å²) in [6, 6.07) is 1.58. The molecule has 1 amide bonds. The van der Waals surface area contributed by atoms with Gasteiger partial charge in [-0.2, -0.15) is 0 Å². The van der Waals surface area contributed by atoms with Gasteiger partial charge in [0.25, 0.3) is 5.91 Å². The third-order valence-electron chi connectivity index (χ3n) is 2.30. The summed E-state index contributed by atoms with van der Waals surface area (Å²) in [6.07, 6.45) is 1.63. The van der Waals surface area contributed by atoms with E-state index in [2.05, 4.69) is 20.7 Å². The monoisotopic (exact) mass is 235 g/mol. The molecule has 90 valence electrons. The zero-order chi connectivity index (χ0) is 12.3. The zero-order valence-corrected chi connectivity index (χ0v) is 9.67. The van der Waals surface area contributed by atoms with Crippen LogP contribution in [0.3, 0.4) is 0 Å². The molecule has 7 heteroatoms. The molecule has 0 aromatic carbocycles. The molecule has 2 rings (SSSR count). The van der Waals surface area contributed by atoms with E-state index >= 15 is 0 Å². The maximum absolute atomic E-state index is 11.7. The van der Waals surface area contributed by atoms with E-state index < -0.39 is 0 Å². The van der Waals surface area contributed by atoms with Gasteiger partial charge in [0.15, 0.2) is 11.5 Å². The quantitative estimate of drug-likeness (QED) is 0.835. The van der Waals surface area contributed by atoms with E-state index in [-0.39, 0.29) is 11.6 Å². The Morgan fingerprint density at radius 1 is 1.59 bits per heavy atom. The Balaban J connectivity index is 1.97. The van der Waals surface area contributed by atoms with E-state index in [1.54, 1.807) is 19.3 Å². The van der Waals surface area contributed by atoms with Gasteiger partial charge in [0, 0.05) is 12.6 Å². The zero-order valence-electron chi connectivity index (χ0n) is 9.67. The molecule has 0 saturated carbocycles. The minimum absolute atomic E-state index is 0.269. The first kappa shape index (κ1) is 11.3. The van der Waals surface area contributed by atoms with Crippen LogP contribution < -0.4 is 5.32 Å². The molecule has 0 saturated heterocycles. The predicted octanol–water partition coefficient (Wildman–Crippen LogP) is 0.524. The number of amides is 1. The number of hydrogen-bond donors (Lipinski definition) is 1. The fraction of sp³-hybridized carbons (Fsp3) is 0.400. The minimum atomic E-state index is -0.285. The lowest BCUT2D eigenvalue weighted by molar-refractivity contribution is 0.0940. The lowest BCUT2D eigenvalue weighted by Gasteiger charge is -2.03. The van der Waals surface area contributed by atoms with E-state index in [9.17, 15) is 4.79 Å². The van der Waals surface area contributed by atoms with Gasteiger partial charge in [-0.3, -0.25) is 4.79 Å². The molecule has 0 fully saturated rings. The first-order valence-corrected chi connectivity index (χ1v) is 5.29. The van der Waals surface area contributed by atoms with Crippen molar-refractivity contribution < 1.29 is 9.32 Å². The standard InChI is InChI=1S/C10H13N5O2/c1-3-15-6-12-13-9(15)5-11-10(16)8-4-7(2)17-14-8/h4,6H,3,5H2,1-2H3,(H,11,16). The van der Waals surface area contributed by atoms with Gasteiger partial charge in [0.2, 0.25) is 0 Å². The minimum Gasteiger partial charge on any atom is -0.361 e. The molecular formula is C10H13N5O2. The molecule has 7 nitrogen and oxygen atoms in total. The number of aryl methyl sites for hydroxylation is 2. The largest absolute Gasteiger partial charge is 0.361 e. The molecule has 0 aliphatic heterocycles. The van der Waals surface area contributed by atoms with Crippen LogP contribution in [-0.2, 0) is 13.1 Å². The summed E-state index contributed by atoms with van der Waals surface area (Å²) in [6.45, 7) is 4.80. The summed E-state index contributed by atoms with van der Waals surface area (Å²) in [4.78, 5) is 11.7. The van der Waals surface area contributed by atoms with Crippen molar-refractivity contribution in [1.82, 2.24) is 25.2 Å². The number of carbonyl (C=O) groups excluding carboxylic acids is 1. The Labute approximate surface area is 97.8 Å². The Kier molecular flexibility index (Phi) is 3.17. The van der Waals surface area contributed by atoms with Crippen molar-refractivity contribution in [3.8, 4) is 0 Å². The lowest BCUT2D eigenvalue weighted by Crippen LogP contribution is -2.24. The normalized spacial score (nSPS) is 10.5. The number of aromatic nitrogens is 4. The Morgan fingerprint density at radius 2 is 2.41 bits per heavy atom. The van der Waals surface area contributed by atoms with E-state index in [1.165, 1.54) is 0 Å². The summed E-state index contributed by atoms with van der Waals surface area (Å²) < 4.78 is 6.68. The average molecular weight is 235 g/mol. The van der Waals surface area contributed by atoms with Gasteiger partial charge in [-0.1, -0.05) is 5.16 Å². The van der Waals surface area contributed by atoms with Crippen molar-refractivity contribution in [2.45, 2.75) is 26.9 Å². The fourth-order valence-electron chi connectivity index (χ4n) is 1.40. The molecule has 1 N–H and O–H groups in total. The first-order chi connectivity index (χ1) is 8.20. The summed E-state index contributed by atoms with van der Waals surface area (Å²) >= 11 is 0. The Morgan fingerprint density at radius 3 is 3.06 bits per heavy atom. The Bertz CT molecular complexity index is 516. The highest BCUT2D eigenvalue weighted by Gasteiger charge is 2.11. The number of rotatable bonds is 4. The van der Waals surface area contributed by atoms with Gasteiger partial charge in [-0.05, 0) is 13.8 Å².